The first-order valence-corrected chi connectivity index (χ1v) is 8.90. The molecule has 0 saturated heterocycles. The molecule has 0 radical (unpaired) electrons. The Morgan fingerprint density at radius 3 is 2.57 bits per heavy atom. The van der Waals surface area contributed by atoms with Crippen molar-refractivity contribution in [3.05, 3.63) is 25.8 Å². The van der Waals surface area contributed by atoms with Crippen LogP contribution in [0.25, 0.3) is 0 Å². The lowest BCUT2D eigenvalue weighted by Gasteiger charge is -2.14. The molecule has 0 aliphatic carbocycles. The number of halogens is 1. The van der Waals surface area contributed by atoms with E-state index in [9.17, 15) is 5.11 Å². The zero-order chi connectivity index (χ0) is 15.2. The molecule has 1 aromatic carbocycles. The smallest absolute Gasteiger partial charge is 0.135 e. The number of phenols is 1. The van der Waals surface area contributed by atoms with E-state index in [1.54, 1.807) is 0 Å². The van der Waals surface area contributed by atoms with E-state index in [4.69, 9.17) is 4.74 Å². The van der Waals surface area contributed by atoms with Crippen LogP contribution in [0.2, 0.25) is 0 Å². The average molecular weight is 398 g/mol. The highest BCUT2D eigenvalue weighted by Gasteiger charge is 2.25. The average Bonchev–Trinajstić information content (AvgIpc) is 2.97. The molecule has 114 valence electrons. The van der Waals surface area contributed by atoms with Crippen LogP contribution in [0, 0.1) is 15.4 Å². The van der Waals surface area contributed by atoms with Gasteiger partial charge in [-0.05, 0) is 47.4 Å². The summed E-state index contributed by atoms with van der Waals surface area (Å²) >= 11 is 2.26. The maximum absolute atomic E-state index is 10.4. The van der Waals surface area contributed by atoms with Crippen molar-refractivity contribution in [3.63, 3.8) is 0 Å². The summed E-state index contributed by atoms with van der Waals surface area (Å²) in [7, 11) is 0. The first-order chi connectivity index (χ1) is 10.2. The van der Waals surface area contributed by atoms with Crippen molar-refractivity contribution >= 4 is 22.6 Å². The lowest BCUT2D eigenvalue weighted by atomic mass is 9.94. The normalized spacial score (nSPS) is 12.9. The van der Waals surface area contributed by atoms with Crippen LogP contribution in [0.1, 0.15) is 68.2 Å². The lowest BCUT2D eigenvalue weighted by molar-refractivity contribution is 0.133. The number of unbranched alkanes of at least 4 members (excludes halogenated alkanes) is 3. The number of phenolic OH excluding ortho intramolecular Hbond substituents is 1. The van der Waals surface area contributed by atoms with Gasteiger partial charge < -0.3 is 9.84 Å². The number of ether oxygens (including phenoxy) is 1. The molecule has 0 spiro atoms. The van der Waals surface area contributed by atoms with Gasteiger partial charge >= 0.3 is 0 Å². The van der Waals surface area contributed by atoms with Crippen molar-refractivity contribution in [2.75, 3.05) is 0 Å². The van der Waals surface area contributed by atoms with Crippen LogP contribution in [0.15, 0.2) is 0 Å². The molecule has 0 amide bonds. The van der Waals surface area contributed by atoms with E-state index in [-0.39, 0.29) is 0 Å². The highest BCUT2D eigenvalue weighted by molar-refractivity contribution is 14.1. The fraction of sp³-hybridized carbons (Fsp3) is 0.556. The summed E-state index contributed by atoms with van der Waals surface area (Å²) in [6, 6.07) is 0. The van der Waals surface area contributed by atoms with Crippen LogP contribution in [0.4, 0.5) is 0 Å². The molecule has 0 saturated carbocycles. The molecule has 2 rings (SSSR count). The van der Waals surface area contributed by atoms with Crippen LogP contribution in [0.5, 0.6) is 5.75 Å². The van der Waals surface area contributed by atoms with Crippen LogP contribution >= 0.6 is 22.6 Å². The van der Waals surface area contributed by atoms with Gasteiger partial charge in [-0.1, -0.05) is 38.5 Å². The molecule has 1 aliphatic heterocycles. The van der Waals surface area contributed by atoms with Gasteiger partial charge in [0.15, 0.2) is 0 Å². The second kappa shape index (κ2) is 8.05. The van der Waals surface area contributed by atoms with E-state index in [1.807, 2.05) is 0 Å². The van der Waals surface area contributed by atoms with E-state index in [0.29, 0.717) is 19.0 Å². The summed E-state index contributed by atoms with van der Waals surface area (Å²) in [6.07, 6.45) is 6.51. The zero-order valence-corrected chi connectivity index (χ0v) is 15.0. The first-order valence-electron chi connectivity index (χ1n) is 7.82. The van der Waals surface area contributed by atoms with E-state index < -0.39 is 0 Å². The van der Waals surface area contributed by atoms with Crippen LogP contribution in [-0.2, 0) is 24.4 Å². The zero-order valence-electron chi connectivity index (χ0n) is 12.9. The molecule has 1 N–H and O–H groups in total. The lowest BCUT2D eigenvalue weighted by Crippen LogP contribution is -2.02. The predicted molar refractivity (Wildman–Crippen MR) is 94.3 cm³/mol. The van der Waals surface area contributed by atoms with Gasteiger partial charge in [0.05, 0.1) is 16.8 Å². The van der Waals surface area contributed by atoms with Gasteiger partial charge in [-0.15, -0.1) is 0 Å². The van der Waals surface area contributed by atoms with Gasteiger partial charge in [0.25, 0.3) is 0 Å². The van der Waals surface area contributed by atoms with Crippen LogP contribution < -0.4 is 0 Å². The number of rotatable bonds is 5. The predicted octanol–water partition coefficient (Wildman–Crippen LogP) is 4.91. The molecule has 0 fully saturated rings. The Morgan fingerprint density at radius 2 is 1.86 bits per heavy atom. The SMILES string of the molecule is CCCCC#Cc1c(CCCC)c(I)c(O)c2c1COC2. The van der Waals surface area contributed by atoms with E-state index in [0.717, 1.165) is 52.4 Å². The highest BCUT2D eigenvalue weighted by Crippen LogP contribution is 2.38. The second-order valence-corrected chi connectivity index (χ2v) is 6.55. The summed E-state index contributed by atoms with van der Waals surface area (Å²) in [6.45, 7) is 5.46. The van der Waals surface area contributed by atoms with Gasteiger partial charge in [0, 0.05) is 23.1 Å². The molecule has 0 aromatic heterocycles. The van der Waals surface area contributed by atoms with Crippen molar-refractivity contribution in [1.82, 2.24) is 0 Å². The summed E-state index contributed by atoms with van der Waals surface area (Å²) in [5.74, 6) is 7.10. The number of hydrogen-bond acceptors (Lipinski definition) is 2. The molecule has 1 aromatic rings. The molecule has 21 heavy (non-hydrogen) atoms. The van der Waals surface area contributed by atoms with E-state index >= 15 is 0 Å². The number of hydrogen-bond donors (Lipinski definition) is 1. The maximum Gasteiger partial charge on any atom is 0.135 e. The molecule has 0 atom stereocenters. The van der Waals surface area contributed by atoms with Crippen molar-refractivity contribution < 1.29 is 9.84 Å². The minimum atomic E-state index is 0.410. The Hall–Kier alpha value is -0.730. The second-order valence-electron chi connectivity index (χ2n) is 5.47. The molecule has 1 aliphatic rings. The minimum Gasteiger partial charge on any atom is -0.506 e. The quantitative estimate of drug-likeness (QED) is 0.434. The van der Waals surface area contributed by atoms with Crippen LogP contribution in [-0.4, -0.2) is 5.11 Å². The summed E-state index contributed by atoms with van der Waals surface area (Å²) in [4.78, 5) is 0. The third-order valence-electron chi connectivity index (χ3n) is 3.87. The van der Waals surface area contributed by atoms with Crippen LogP contribution in [0.3, 0.4) is 0 Å². The fourth-order valence-electron chi connectivity index (χ4n) is 2.59. The van der Waals surface area contributed by atoms with Crippen molar-refractivity contribution in [2.24, 2.45) is 0 Å². The topological polar surface area (TPSA) is 29.5 Å². The standard InChI is InChI=1S/C18H23IO2/c1-3-5-7-8-10-13-14(9-6-4-2)17(19)18(20)16-12-21-11-15(13)16/h20H,3-7,9,11-12H2,1-2H3. The molecule has 0 bridgehead atoms. The van der Waals surface area contributed by atoms with Gasteiger partial charge in [-0.2, -0.15) is 0 Å². The van der Waals surface area contributed by atoms with Crippen molar-refractivity contribution in [3.8, 4) is 17.6 Å². The molecule has 0 unspecified atom stereocenters. The molecular formula is C18H23IO2. The molecule has 3 heteroatoms. The third kappa shape index (κ3) is 3.73. The molecule has 1 heterocycles. The Bertz CT molecular complexity index is 567. The summed E-state index contributed by atoms with van der Waals surface area (Å²) < 4.78 is 6.51. The Balaban J connectivity index is 2.45. The van der Waals surface area contributed by atoms with E-state index in [1.165, 1.54) is 12.0 Å². The molecule has 2 nitrogen and oxygen atoms in total. The Labute approximate surface area is 141 Å². The van der Waals surface area contributed by atoms with Crippen molar-refractivity contribution in [2.45, 2.75) is 65.6 Å². The van der Waals surface area contributed by atoms with Gasteiger partial charge in [-0.3, -0.25) is 0 Å². The van der Waals surface area contributed by atoms with Gasteiger partial charge in [0.2, 0.25) is 0 Å². The Kier molecular flexibility index (Phi) is 6.38. The minimum absolute atomic E-state index is 0.410. The monoisotopic (exact) mass is 398 g/mol. The third-order valence-corrected chi connectivity index (χ3v) is 5.03. The molecular weight excluding hydrogens is 375 g/mol. The largest absolute Gasteiger partial charge is 0.506 e. The first kappa shape index (κ1) is 16.6. The maximum atomic E-state index is 10.4. The summed E-state index contributed by atoms with van der Waals surface area (Å²) in [5.41, 5.74) is 4.39. The highest BCUT2D eigenvalue weighted by atomic mass is 127. The number of aromatic hydroxyl groups is 1. The Morgan fingerprint density at radius 1 is 1.14 bits per heavy atom. The number of fused-ring (bicyclic) bond motifs is 1. The summed E-state index contributed by atoms with van der Waals surface area (Å²) in [5, 5.41) is 10.4. The van der Waals surface area contributed by atoms with Crippen molar-refractivity contribution in [1.29, 1.82) is 0 Å². The van der Waals surface area contributed by atoms with Gasteiger partial charge in [0.1, 0.15) is 5.75 Å². The van der Waals surface area contributed by atoms with E-state index in [2.05, 4.69) is 48.3 Å². The number of benzene rings is 1. The fourth-order valence-corrected chi connectivity index (χ4v) is 3.45. The van der Waals surface area contributed by atoms with Gasteiger partial charge in [-0.25, -0.2) is 0 Å².